The Kier molecular flexibility index (Phi) is 7.07. The molecule has 1 aromatic carbocycles. The summed E-state index contributed by atoms with van der Waals surface area (Å²) in [6.07, 6.45) is 1.82. The van der Waals surface area contributed by atoms with E-state index in [0.717, 1.165) is 34.5 Å². The molecule has 1 N–H and O–H groups in total. The molecular weight excluding hydrogens is 404 g/mol. The molecule has 8 heteroatoms. The summed E-state index contributed by atoms with van der Waals surface area (Å²) in [5.41, 5.74) is 2.23. The lowest BCUT2D eigenvalue weighted by Gasteiger charge is -2.11. The zero-order chi connectivity index (χ0) is 20.8. The van der Waals surface area contributed by atoms with E-state index in [9.17, 15) is 10.1 Å². The number of ether oxygens (including phenoxy) is 1. The van der Waals surface area contributed by atoms with Crippen LogP contribution in [0.2, 0.25) is 0 Å². The van der Waals surface area contributed by atoms with E-state index in [-0.39, 0.29) is 5.91 Å². The highest BCUT2D eigenvalue weighted by Gasteiger charge is 2.19. The molecule has 0 radical (unpaired) electrons. The molecule has 0 fully saturated rings. The standard InChI is InChI=1S/C21H22N4O2S2/c1-4-6-15-8-7-14(12-22)20(23-15)28-13(3)19(26)25-21-24-17-10-9-16(27-5-2)11-18(17)29-21/h7-11,13H,4-6H2,1-3H3,(H,24,25,26). The lowest BCUT2D eigenvalue weighted by Crippen LogP contribution is -2.22. The number of fused-ring (bicyclic) bond motifs is 1. The third-order valence-electron chi connectivity index (χ3n) is 4.10. The Morgan fingerprint density at radius 1 is 1.31 bits per heavy atom. The van der Waals surface area contributed by atoms with Crippen LogP contribution >= 0.6 is 23.1 Å². The van der Waals surface area contributed by atoms with Crippen molar-refractivity contribution in [2.75, 3.05) is 11.9 Å². The molecule has 150 valence electrons. The number of nitriles is 1. The van der Waals surface area contributed by atoms with Crippen molar-refractivity contribution in [2.45, 2.75) is 43.9 Å². The number of rotatable bonds is 8. The van der Waals surface area contributed by atoms with Gasteiger partial charge in [-0.1, -0.05) is 36.4 Å². The number of pyridine rings is 1. The minimum absolute atomic E-state index is 0.175. The lowest BCUT2D eigenvalue weighted by molar-refractivity contribution is -0.115. The van der Waals surface area contributed by atoms with Gasteiger partial charge in [0, 0.05) is 5.69 Å². The summed E-state index contributed by atoms with van der Waals surface area (Å²) in [7, 11) is 0. The number of carbonyl (C=O) groups excluding carboxylic acids is 1. The predicted octanol–water partition coefficient (Wildman–Crippen LogP) is 5.03. The molecule has 2 heterocycles. The zero-order valence-electron chi connectivity index (χ0n) is 16.6. The number of thioether (sulfide) groups is 1. The monoisotopic (exact) mass is 426 g/mol. The van der Waals surface area contributed by atoms with Crippen molar-refractivity contribution < 1.29 is 9.53 Å². The number of anilines is 1. The van der Waals surface area contributed by atoms with Crippen LogP contribution in [-0.4, -0.2) is 27.7 Å². The maximum absolute atomic E-state index is 12.7. The molecular formula is C21H22N4O2S2. The van der Waals surface area contributed by atoms with Crippen LogP contribution in [0.25, 0.3) is 10.2 Å². The zero-order valence-corrected chi connectivity index (χ0v) is 18.2. The highest BCUT2D eigenvalue weighted by atomic mass is 32.2. The van der Waals surface area contributed by atoms with Gasteiger partial charge in [-0.3, -0.25) is 4.79 Å². The molecule has 1 atom stereocenters. The van der Waals surface area contributed by atoms with Crippen LogP contribution in [0.5, 0.6) is 5.75 Å². The van der Waals surface area contributed by atoms with Gasteiger partial charge in [0.1, 0.15) is 16.8 Å². The highest BCUT2D eigenvalue weighted by molar-refractivity contribution is 8.00. The molecule has 0 aliphatic rings. The van der Waals surface area contributed by atoms with E-state index in [2.05, 4.69) is 28.3 Å². The van der Waals surface area contributed by atoms with E-state index in [1.165, 1.54) is 23.1 Å². The number of aryl methyl sites for hydroxylation is 1. The second kappa shape index (κ2) is 9.72. The topological polar surface area (TPSA) is 87.9 Å². The van der Waals surface area contributed by atoms with Crippen LogP contribution in [-0.2, 0) is 11.2 Å². The van der Waals surface area contributed by atoms with Crippen molar-refractivity contribution in [3.05, 3.63) is 41.6 Å². The van der Waals surface area contributed by atoms with Gasteiger partial charge in [-0.15, -0.1) is 0 Å². The Morgan fingerprint density at radius 3 is 2.86 bits per heavy atom. The number of nitrogens with zero attached hydrogens (tertiary/aromatic N) is 3. The molecule has 0 bridgehead atoms. The summed E-state index contributed by atoms with van der Waals surface area (Å²) >= 11 is 2.70. The normalized spacial score (nSPS) is 11.8. The molecule has 0 spiro atoms. The van der Waals surface area contributed by atoms with Gasteiger partial charge in [0.05, 0.1) is 27.6 Å². The third kappa shape index (κ3) is 5.25. The number of nitrogens with one attached hydrogen (secondary N) is 1. The summed E-state index contributed by atoms with van der Waals surface area (Å²) in [5.74, 6) is 0.609. The summed E-state index contributed by atoms with van der Waals surface area (Å²) < 4.78 is 6.46. The molecule has 0 saturated carbocycles. The second-order valence-electron chi connectivity index (χ2n) is 6.35. The number of thiazole rings is 1. The van der Waals surface area contributed by atoms with Crippen molar-refractivity contribution in [1.82, 2.24) is 9.97 Å². The van der Waals surface area contributed by atoms with Gasteiger partial charge in [-0.2, -0.15) is 5.26 Å². The Bertz CT molecular complexity index is 1060. The van der Waals surface area contributed by atoms with Crippen LogP contribution in [0.15, 0.2) is 35.4 Å². The van der Waals surface area contributed by atoms with Crippen molar-refractivity contribution in [3.63, 3.8) is 0 Å². The fourth-order valence-corrected chi connectivity index (χ4v) is 4.50. The first kappa shape index (κ1) is 21.1. The minimum atomic E-state index is -0.419. The van der Waals surface area contributed by atoms with Crippen molar-refractivity contribution >= 4 is 44.4 Å². The molecule has 29 heavy (non-hydrogen) atoms. The summed E-state index contributed by atoms with van der Waals surface area (Å²) in [6.45, 7) is 6.42. The molecule has 0 aliphatic carbocycles. The van der Waals surface area contributed by atoms with E-state index in [4.69, 9.17) is 4.74 Å². The highest BCUT2D eigenvalue weighted by Crippen LogP contribution is 2.31. The van der Waals surface area contributed by atoms with E-state index in [1.54, 1.807) is 13.0 Å². The van der Waals surface area contributed by atoms with Crippen LogP contribution in [0.4, 0.5) is 5.13 Å². The van der Waals surface area contributed by atoms with Crippen LogP contribution in [0.1, 0.15) is 38.4 Å². The first-order valence-electron chi connectivity index (χ1n) is 9.45. The van der Waals surface area contributed by atoms with Crippen molar-refractivity contribution in [1.29, 1.82) is 5.26 Å². The SMILES string of the molecule is CCCc1ccc(C#N)c(SC(C)C(=O)Nc2nc3ccc(OCC)cc3s2)n1. The van der Waals surface area contributed by atoms with E-state index < -0.39 is 5.25 Å². The average Bonchev–Trinajstić information content (AvgIpc) is 3.10. The Balaban J connectivity index is 1.71. The number of hydrogen-bond acceptors (Lipinski definition) is 7. The van der Waals surface area contributed by atoms with Crippen LogP contribution in [0.3, 0.4) is 0 Å². The summed E-state index contributed by atoms with van der Waals surface area (Å²) in [4.78, 5) is 21.7. The van der Waals surface area contributed by atoms with Crippen molar-refractivity contribution in [2.24, 2.45) is 0 Å². The van der Waals surface area contributed by atoms with Crippen LogP contribution < -0.4 is 10.1 Å². The first-order valence-corrected chi connectivity index (χ1v) is 11.1. The van der Waals surface area contributed by atoms with Gasteiger partial charge < -0.3 is 10.1 Å². The fraction of sp³-hybridized carbons (Fsp3) is 0.333. The summed E-state index contributed by atoms with van der Waals surface area (Å²) in [5, 5.41) is 12.9. The number of carbonyl (C=O) groups is 1. The molecule has 3 rings (SSSR count). The van der Waals surface area contributed by atoms with Gasteiger partial charge >= 0.3 is 0 Å². The number of aromatic nitrogens is 2. The van der Waals surface area contributed by atoms with Crippen molar-refractivity contribution in [3.8, 4) is 11.8 Å². The van der Waals surface area contributed by atoms with Gasteiger partial charge in [0.15, 0.2) is 5.13 Å². The predicted molar refractivity (Wildman–Crippen MR) is 118 cm³/mol. The maximum Gasteiger partial charge on any atom is 0.239 e. The Labute approximate surface area is 178 Å². The molecule has 3 aromatic rings. The molecule has 1 unspecified atom stereocenters. The number of amides is 1. The second-order valence-corrected chi connectivity index (χ2v) is 8.71. The third-order valence-corrected chi connectivity index (χ3v) is 6.14. The van der Waals surface area contributed by atoms with Gasteiger partial charge in [0.2, 0.25) is 5.91 Å². The van der Waals surface area contributed by atoms with Gasteiger partial charge in [-0.05, 0) is 50.6 Å². The fourth-order valence-electron chi connectivity index (χ4n) is 2.69. The maximum atomic E-state index is 12.7. The molecule has 0 aliphatic heterocycles. The van der Waals surface area contributed by atoms with E-state index in [0.29, 0.717) is 22.3 Å². The first-order chi connectivity index (χ1) is 14.0. The van der Waals surface area contributed by atoms with E-state index >= 15 is 0 Å². The quantitative estimate of drug-likeness (QED) is 0.508. The van der Waals surface area contributed by atoms with Crippen LogP contribution in [0, 0.1) is 11.3 Å². The molecule has 1 amide bonds. The minimum Gasteiger partial charge on any atom is -0.494 e. The Morgan fingerprint density at radius 2 is 2.14 bits per heavy atom. The van der Waals surface area contributed by atoms with Gasteiger partial charge in [-0.25, -0.2) is 9.97 Å². The summed E-state index contributed by atoms with van der Waals surface area (Å²) in [6, 6.07) is 11.5. The average molecular weight is 427 g/mol. The largest absolute Gasteiger partial charge is 0.494 e. The smallest absolute Gasteiger partial charge is 0.239 e. The number of hydrogen-bond donors (Lipinski definition) is 1. The Hall–Kier alpha value is -2.63. The molecule has 2 aromatic heterocycles. The molecule has 0 saturated heterocycles. The van der Waals surface area contributed by atoms with Gasteiger partial charge in [0.25, 0.3) is 0 Å². The number of benzene rings is 1. The molecule has 6 nitrogen and oxygen atoms in total. The van der Waals surface area contributed by atoms with E-state index in [1.807, 2.05) is 31.2 Å². The lowest BCUT2D eigenvalue weighted by atomic mass is 10.2.